The van der Waals surface area contributed by atoms with Gasteiger partial charge < -0.3 is 4.74 Å². The maximum atomic E-state index is 12.7. The van der Waals surface area contributed by atoms with Crippen LogP contribution in [0.1, 0.15) is 175 Å². The molecule has 1 unspecified atom stereocenters. The van der Waals surface area contributed by atoms with Crippen molar-refractivity contribution in [3.05, 3.63) is 0 Å². The minimum absolute atomic E-state index is 0.100. The number of esters is 1. The molecule has 0 saturated carbocycles. The Hall–Kier alpha value is -0.530. The lowest BCUT2D eigenvalue weighted by Gasteiger charge is -2.16. The highest BCUT2D eigenvalue weighted by atomic mass is 16.5. The molecule has 192 valence electrons. The Morgan fingerprint density at radius 3 is 1.16 bits per heavy atom. The number of hydrogen-bond acceptors (Lipinski definition) is 2. The van der Waals surface area contributed by atoms with Crippen LogP contribution in [0.3, 0.4) is 0 Å². The SMILES string of the molecule is CCCCCCCCCCCOC(=O)C(CCCCCCC)CCCCCCCCCC. The van der Waals surface area contributed by atoms with Crippen LogP contribution < -0.4 is 0 Å². The molecule has 1 atom stereocenters. The monoisotopic (exact) mass is 452 g/mol. The van der Waals surface area contributed by atoms with Crippen molar-refractivity contribution in [2.45, 2.75) is 175 Å². The highest BCUT2D eigenvalue weighted by Gasteiger charge is 2.19. The van der Waals surface area contributed by atoms with Crippen LogP contribution in [0.15, 0.2) is 0 Å². The molecule has 0 aromatic rings. The van der Waals surface area contributed by atoms with E-state index in [-0.39, 0.29) is 11.9 Å². The summed E-state index contributed by atoms with van der Waals surface area (Å²) in [6.45, 7) is 7.44. The van der Waals surface area contributed by atoms with E-state index in [0.29, 0.717) is 6.61 Å². The van der Waals surface area contributed by atoms with Crippen molar-refractivity contribution < 1.29 is 9.53 Å². The van der Waals surface area contributed by atoms with Crippen LogP contribution >= 0.6 is 0 Å². The lowest BCUT2D eigenvalue weighted by molar-refractivity contribution is -0.149. The molecule has 32 heavy (non-hydrogen) atoms. The molecule has 0 aromatic carbocycles. The molecule has 0 N–H and O–H groups in total. The molecule has 0 radical (unpaired) electrons. The van der Waals surface area contributed by atoms with Crippen LogP contribution in [-0.4, -0.2) is 12.6 Å². The Bertz CT molecular complexity index is 366. The van der Waals surface area contributed by atoms with Crippen LogP contribution in [0.4, 0.5) is 0 Å². The Morgan fingerprint density at radius 2 is 0.781 bits per heavy atom. The standard InChI is InChI=1S/C30H60O2/c1-4-7-10-13-15-17-19-22-25-28-32-30(31)29(26-23-20-12-9-6-3)27-24-21-18-16-14-11-8-5-2/h29H,4-28H2,1-3H3. The van der Waals surface area contributed by atoms with Crippen molar-refractivity contribution in [3.8, 4) is 0 Å². The van der Waals surface area contributed by atoms with E-state index in [1.807, 2.05) is 0 Å². The van der Waals surface area contributed by atoms with Gasteiger partial charge in [-0.05, 0) is 19.3 Å². The number of carbonyl (C=O) groups excluding carboxylic acids is 1. The molecule has 0 aliphatic heterocycles. The van der Waals surface area contributed by atoms with Crippen LogP contribution in [0, 0.1) is 5.92 Å². The smallest absolute Gasteiger partial charge is 0.308 e. The molecule has 2 nitrogen and oxygen atoms in total. The molecule has 2 heteroatoms. The van der Waals surface area contributed by atoms with Gasteiger partial charge in [-0.25, -0.2) is 0 Å². The zero-order valence-corrected chi connectivity index (χ0v) is 22.6. The quantitative estimate of drug-likeness (QED) is 0.0963. The number of unbranched alkanes of at least 4 members (excludes halogenated alkanes) is 19. The van der Waals surface area contributed by atoms with Gasteiger partial charge >= 0.3 is 5.97 Å². The molecular weight excluding hydrogens is 392 g/mol. The van der Waals surface area contributed by atoms with Gasteiger partial charge in [-0.2, -0.15) is 0 Å². The third-order valence-electron chi connectivity index (χ3n) is 6.89. The van der Waals surface area contributed by atoms with Crippen LogP contribution in [0.5, 0.6) is 0 Å². The molecule has 0 aliphatic rings. The molecule has 0 aromatic heterocycles. The molecule has 0 saturated heterocycles. The zero-order chi connectivity index (χ0) is 23.5. The molecule has 0 heterocycles. The summed E-state index contributed by atoms with van der Waals surface area (Å²) in [7, 11) is 0. The van der Waals surface area contributed by atoms with Crippen molar-refractivity contribution in [1.82, 2.24) is 0 Å². The fraction of sp³-hybridized carbons (Fsp3) is 0.967. The molecule has 0 spiro atoms. The van der Waals surface area contributed by atoms with E-state index in [4.69, 9.17) is 4.74 Å². The first-order chi connectivity index (χ1) is 15.8. The van der Waals surface area contributed by atoms with Gasteiger partial charge in [0.15, 0.2) is 0 Å². The minimum atomic E-state index is 0.100. The van der Waals surface area contributed by atoms with Crippen molar-refractivity contribution in [2.24, 2.45) is 5.92 Å². The van der Waals surface area contributed by atoms with E-state index in [2.05, 4.69) is 20.8 Å². The second kappa shape index (κ2) is 26.7. The number of ether oxygens (including phenoxy) is 1. The summed E-state index contributed by atoms with van der Waals surface area (Å²) in [4.78, 5) is 12.7. The first-order valence-corrected chi connectivity index (χ1v) is 14.9. The molecule has 0 fully saturated rings. The number of carbonyl (C=O) groups is 1. The average molecular weight is 453 g/mol. The lowest BCUT2D eigenvalue weighted by Crippen LogP contribution is -2.18. The summed E-state index contributed by atoms with van der Waals surface area (Å²) in [6, 6.07) is 0. The third kappa shape index (κ3) is 22.7. The van der Waals surface area contributed by atoms with Gasteiger partial charge in [-0.1, -0.05) is 156 Å². The van der Waals surface area contributed by atoms with Gasteiger partial charge in [0.05, 0.1) is 12.5 Å². The summed E-state index contributed by atoms with van der Waals surface area (Å²) in [5.74, 6) is 0.248. The average Bonchev–Trinajstić information content (AvgIpc) is 2.80. The highest BCUT2D eigenvalue weighted by molar-refractivity contribution is 5.72. The summed E-state index contributed by atoms with van der Waals surface area (Å²) in [5, 5.41) is 0. The van der Waals surface area contributed by atoms with Crippen molar-refractivity contribution in [3.63, 3.8) is 0 Å². The van der Waals surface area contributed by atoms with Gasteiger partial charge in [0.2, 0.25) is 0 Å². The van der Waals surface area contributed by atoms with Crippen LogP contribution in [-0.2, 0) is 9.53 Å². The van der Waals surface area contributed by atoms with Crippen LogP contribution in [0.2, 0.25) is 0 Å². The van der Waals surface area contributed by atoms with Gasteiger partial charge in [0.1, 0.15) is 0 Å². The summed E-state index contributed by atoms with van der Waals surface area (Å²) >= 11 is 0. The summed E-state index contributed by atoms with van der Waals surface area (Å²) in [6.07, 6.45) is 30.9. The van der Waals surface area contributed by atoms with E-state index in [9.17, 15) is 4.79 Å². The zero-order valence-electron chi connectivity index (χ0n) is 22.6. The van der Waals surface area contributed by atoms with Crippen molar-refractivity contribution in [1.29, 1.82) is 0 Å². The number of hydrogen-bond donors (Lipinski definition) is 0. The Labute approximate surface area is 203 Å². The summed E-state index contributed by atoms with van der Waals surface area (Å²) < 4.78 is 5.73. The lowest BCUT2D eigenvalue weighted by atomic mass is 9.94. The van der Waals surface area contributed by atoms with Gasteiger partial charge in [0, 0.05) is 0 Å². The summed E-state index contributed by atoms with van der Waals surface area (Å²) in [5.41, 5.74) is 0. The van der Waals surface area contributed by atoms with E-state index in [1.54, 1.807) is 0 Å². The largest absolute Gasteiger partial charge is 0.465 e. The molecule has 0 aliphatic carbocycles. The second-order valence-electron chi connectivity index (χ2n) is 10.2. The molecule has 0 bridgehead atoms. The van der Waals surface area contributed by atoms with E-state index < -0.39 is 0 Å². The normalized spacial score (nSPS) is 12.2. The van der Waals surface area contributed by atoms with Crippen molar-refractivity contribution >= 4 is 5.97 Å². The Morgan fingerprint density at radius 1 is 0.469 bits per heavy atom. The molecule has 0 rings (SSSR count). The van der Waals surface area contributed by atoms with Crippen molar-refractivity contribution in [2.75, 3.05) is 6.61 Å². The maximum Gasteiger partial charge on any atom is 0.308 e. The predicted molar refractivity (Wildman–Crippen MR) is 142 cm³/mol. The predicted octanol–water partition coefficient (Wildman–Crippen LogP) is 10.6. The Kier molecular flexibility index (Phi) is 26.3. The molecular formula is C30H60O2. The third-order valence-corrected chi connectivity index (χ3v) is 6.89. The molecule has 0 amide bonds. The first kappa shape index (κ1) is 31.5. The number of rotatable bonds is 26. The van der Waals surface area contributed by atoms with Crippen LogP contribution in [0.25, 0.3) is 0 Å². The first-order valence-electron chi connectivity index (χ1n) is 14.9. The Balaban J connectivity index is 3.94. The van der Waals surface area contributed by atoms with E-state index in [0.717, 1.165) is 19.3 Å². The van der Waals surface area contributed by atoms with E-state index >= 15 is 0 Å². The van der Waals surface area contributed by atoms with Gasteiger partial charge in [0.25, 0.3) is 0 Å². The fourth-order valence-corrected chi connectivity index (χ4v) is 4.60. The highest BCUT2D eigenvalue weighted by Crippen LogP contribution is 2.21. The van der Waals surface area contributed by atoms with Gasteiger partial charge in [-0.3, -0.25) is 4.79 Å². The second-order valence-corrected chi connectivity index (χ2v) is 10.2. The maximum absolute atomic E-state index is 12.7. The topological polar surface area (TPSA) is 26.3 Å². The van der Waals surface area contributed by atoms with E-state index in [1.165, 1.54) is 135 Å². The fourth-order valence-electron chi connectivity index (χ4n) is 4.60. The van der Waals surface area contributed by atoms with Gasteiger partial charge in [-0.15, -0.1) is 0 Å². The minimum Gasteiger partial charge on any atom is -0.465 e.